The lowest BCUT2D eigenvalue weighted by Crippen LogP contribution is -2.36. The lowest BCUT2D eigenvalue weighted by Gasteiger charge is -2.19. The molecule has 0 saturated carbocycles. The van der Waals surface area contributed by atoms with Gasteiger partial charge in [0.1, 0.15) is 0 Å². The van der Waals surface area contributed by atoms with Crippen molar-refractivity contribution in [2.75, 3.05) is 5.73 Å². The zero-order chi connectivity index (χ0) is 10.8. The molecule has 1 aliphatic rings. The standard InChI is InChI=1S/C11H15N3O/c1-8-6-11(15)13-14(8)7-9-2-4-10(12)5-3-9/h2-5,8H,6-7,12H2,1H3,(H,13,15). The van der Waals surface area contributed by atoms with Crippen molar-refractivity contribution < 1.29 is 4.79 Å². The molecular weight excluding hydrogens is 190 g/mol. The maximum atomic E-state index is 11.1. The Bertz CT molecular complexity index is 361. The molecule has 0 aromatic heterocycles. The van der Waals surface area contributed by atoms with Gasteiger partial charge in [0.25, 0.3) is 0 Å². The van der Waals surface area contributed by atoms with Crippen LogP contribution in [0, 0.1) is 0 Å². The second-order valence-electron chi connectivity index (χ2n) is 3.96. The smallest absolute Gasteiger partial charge is 0.235 e. The highest BCUT2D eigenvalue weighted by Crippen LogP contribution is 2.14. The molecule has 1 aliphatic heterocycles. The summed E-state index contributed by atoms with van der Waals surface area (Å²) >= 11 is 0. The Kier molecular flexibility index (Phi) is 2.60. The first-order valence-electron chi connectivity index (χ1n) is 5.05. The summed E-state index contributed by atoms with van der Waals surface area (Å²) in [7, 11) is 0. The van der Waals surface area contributed by atoms with E-state index in [-0.39, 0.29) is 11.9 Å². The zero-order valence-corrected chi connectivity index (χ0v) is 8.73. The quantitative estimate of drug-likeness (QED) is 0.705. The van der Waals surface area contributed by atoms with Crippen molar-refractivity contribution >= 4 is 11.6 Å². The Balaban J connectivity index is 2.03. The topological polar surface area (TPSA) is 58.4 Å². The third-order valence-corrected chi connectivity index (χ3v) is 2.61. The summed E-state index contributed by atoms with van der Waals surface area (Å²) in [5, 5.41) is 1.95. The molecule has 0 radical (unpaired) electrons. The van der Waals surface area contributed by atoms with Gasteiger partial charge in [-0.1, -0.05) is 12.1 Å². The summed E-state index contributed by atoms with van der Waals surface area (Å²) in [5.41, 5.74) is 10.3. The fraction of sp³-hybridized carbons (Fsp3) is 0.364. The summed E-state index contributed by atoms with van der Waals surface area (Å²) in [5.74, 6) is 0.0953. The molecule has 1 amide bonds. The van der Waals surface area contributed by atoms with E-state index < -0.39 is 0 Å². The van der Waals surface area contributed by atoms with Gasteiger partial charge < -0.3 is 5.73 Å². The van der Waals surface area contributed by atoms with E-state index in [9.17, 15) is 4.79 Å². The van der Waals surface area contributed by atoms with Crippen LogP contribution in [0.1, 0.15) is 18.9 Å². The van der Waals surface area contributed by atoms with Gasteiger partial charge in [-0.15, -0.1) is 0 Å². The average molecular weight is 205 g/mol. The molecule has 4 heteroatoms. The number of rotatable bonds is 2. The maximum absolute atomic E-state index is 11.1. The Hall–Kier alpha value is -1.55. The molecule has 15 heavy (non-hydrogen) atoms. The third kappa shape index (κ3) is 2.27. The number of nitrogen functional groups attached to an aromatic ring is 1. The van der Waals surface area contributed by atoms with Gasteiger partial charge in [-0.25, -0.2) is 5.01 Å². The Labute approximate surface area is 89.0 Å². The van der Waals surface area contributed by atoms with Crippen LogP contribution in [-0.4, -0.2) is 17.0 Å². The summed E-state index contributed by atoms with van der Waals surface area (Å²) in [4.78, 5) is 11.1. The SMILES string of the molecule is CC1CC(=O)NN1Cc1ccc(N)cc1. The van der Waals surface area contributed by atoms with E-state index in [2.05, 4.69) is 5.43 Å². The molecule has 1 atom stereocenters. The molecule has 1 aromatic rings. The number of nitrogens with zero attached hydrogens (tertiary/aromatic N) is 1. The number of benzene rings is 1. The van der Waals surface area contributed by atoms with Crippen LogP contribution in [0.25, 0.3) is 0 Å². The van der Waals surface area contributed by atoms with E-state index >= 15 is 0 Å². The largest absolute Gasteiger partial charge is 0.399 e. The lowest BCUT2D eigenvalue weighted by atomic mass is 10.2. The molecule has 0 aliphatic carbocycles. The molecule has 2 rings (SSSR count). The van der Waals surface area contributed by atoms with Gasteiger partial charge in [-0.3, -0.25) is 10.2 Å². The number of hydrogen-bond donors (Lipinski definition) is 2. The predicted octanol–water partition coefficient (Wildman–Crippen LogP) is 0.894. The average Bonchev–Trinajstić information content (AvgIpc) is 2.49. The number of carbonyl (C=O) groups is 1. The number of amides is 1. The minimum atomic E-state index is 0.0953. The second-order valence-corrected chi connectivity index (χ2v) is 3.96. The maximum Gasteiger partial charge on any atom is 0.235 e. The molecule has 1 unspecified atom stereocenters. The fourth-order valence-electron chi connectivity index (χ4n) is 1.71. The van der Waals surface area contributed by atoms with Gasteiger partial charge in [0.05, 0.1) is 0 Å². The van der Waals surface area contributed by atoms with Gasteiger partial charge >= 0.3 is 0 Å². The fourth-order valence-corrected chi connectivity index (χ4v) is 1.71. The van der Waals surface area contributed by atoms with Crippen LogP contribution in [0.5, 0.6) is 0 Å². The van der Waals surface area contributed by atoms with Crippen molar-refractivity contribution in [3.63, 3.8) is 0 Å². The van der Waals surface area contributed by atoms with Crippen molar-refractivity contribution in [3.05, 3.63) is 29.8 Å². The van der Waals surface area contributed by atoms with E-state index in [0.29, 0.717) is 6.42 Å². The van der Waals surface area contributed by atoms with E-state index in [0.717, 1.165) is 17.8 Å². The number of nitrogens with two attached hydrogens (primary N) is 1. The third-order valence-electron chi connectivity index (χ3n) is 2.61. The highest BCUT2D eigenvalue weighted by molar-refractivity contribution is 5.77. The van der Waals surface area contributed by atoms with Crippen molar-refractivity contribution in [2.45, 2.75) is 25.9 Å². The number of hydrazine groups is 1. The summed E-state index contributed by atoms with van der Waals surface area (Å²) in [6, 6.07) is 7.96. The van der Waals surface area contributed by atoms with Gasteiger partial charge in [-0.2, -0.15) is 0 Å². The summed E-state index contributed by atoms with van der Waals surface area (Å²) in [6.45, 7) is 2.77. The summed E-state index contributed by atoms with van der Waals surface area (Å²) < 4.78 is 0. The van der Waals surface area contributed by atoms with Crippen LogP contribution in [0.15, 0.2) is 24.3 Å². The van der Waals surface area contributed by atoms with Gasteiger partial charge in [0.15, 0.2) is 0 Å². The zero-order valence-electron chi connectivity index (χ0n) is 8.73. The predicted molar refractivity (Wildman–Crippen MR) is 58.6 cm³/mol. The molecule has 4 nitrogen and oxygen atoms in total. The number of nitrogens with one attached hydrogen (secondary N) is 1. The normalized spacial score (nSPS) is 21.7. The van der Waals surface area contributed by atoms with Crippen molar-refractivity contribution in [1.29, 1.82) is 0 Å². The first-order valence-corrected chi connectivity index (χ1v) is 5.05. The molecule has 1 heterocycles. The molecule has 80 valence electrons. The van der Waals surface area contributed by atoms with Crippen molar-refractivity contribution in [2.24, 2.45) is 0 Å². The Morgan fingerprint density at radius 1 is 1.47 bits per heavy atom. The van der Waals surface area contributed by atoms with Gasteiger partial charge in [-0.05, 0) is 24.6 Å². The lowest BCUT2D eigenvalue weighted by molar-refractivity contribution is -0.121. The first-order chi connectivity index (χ1) is 7.15. The van der Waals surface area contributed by atoms with E-state index in [1.165, 1.54) is 0 Å². The van der Waals surface area contributed by atoms with Crippen LogP contribution in [0.4, 0.5) is 5.69 Å². The van der Waals surface area contributed by atoms with Crippen molar-refractivity contribution in [3.8, 4) is 0 Å². The van der Waals surface area contributed by atoms with E-state index in [4.69, 9.17) is 5.73 Å². The first kappa shape index (κ1) is 9.98. The summed E-state index contributed by atoms with van der Waals surface area (Å²) in [6.07, 6.45) is 0.578. The Morgan fingerprint density at radius 3 is 2.67 bits per heavy atom. The van der Waals surface area contributed by atoms with E-state index in [1.54, 1.807) is 0 Å². The van der Waals surface area contributed by atoms with Gasteiger partial charge in [0, 0.05) is 24.7 Å². The molecule has 0 bridgehead atoms. The van der Waals surface area contributed by atoms with E-state index in [1.807, 2.05) is 36.2 Å². The number of anilines is 1. The minimum absolute atomic E-state index is 0.0953. The van der Waals surface area contributed by atoms with Crippen LogP contribution in [0.3, 0.4) is 0 Å². The number of hydrogen-bond acceptors (Lipinski definition) is 3. The minimum Gasteiger partial charge on any atom is -0.399 e. The number of carbonyl (C=O) groups excluding carboxylic acids is 1. The van der Waals surface area contributed by atoms with Crippen LogP contribution >= 0.6 is 0 Å². The van der Waals surface area contributed by atoms with Crippen LogP contribution < -0.4 is 11.2 Å². The van der Waals surface area contributed by atoms with Crippen molar-refractivity contribution in [1.82, 2.24) is 10.4 Å². The molecule has 1 saturated heterocycles. The highest BCUT2D eigenvalue weighted by atomic mass is 16.2. The Morgan fingerprint density at radius 2 is 2.13 bits per heavy atom. The van der Waals surface area contributed by atoms with Gasteiger partial charge in [0.2, 0.25) is 5.91 Å². The molecule has 1 fully saturated rings. The molecule has 0 spiro atoms. The highest BCUT2D eigenvalue weighted by Gasteiger charge is 2.25. The molecular formula is C11H15N3O. The monoisotopic (exact) mass is 205 g/mol. The molecule has 3 N–H and O–H groups in total. The van der Waals surface area contributed by atoms with Crippen LogP contribution in [-0.2, 0) is 11.3 Å². The molecule has 1 aromatic carbocycles. The van der Waals surface area contributed by atoms with Crippen LogP contribution in [0.2, 0.25) is 0 Å². The second kappa shape index (κ2) is 3.90.